The molecule has 0 aliphatic carbocycles. The third-order valence-electron chi connectivity index (χ3n) is 7.49. The van der Waals surface area contributed by atoms with Crippen LogP contribution in [0.2, 0.25) is 0 Å². The van der Waals surface area contributed by atoms with Crippen molar-refractivity contribution < 1.29 is 45.8 Å². The Balaban J connectivity index is 1.48. The van der Waals surface area contributed by atoms with Crippen molar-refractivity contribution >= 4 is 28.6 Å². The summed E-state index contributed by atoms with van der Waals surface area (Å²) in [5, 5.41) is 0. The third-order valence-corrected chi connectivity index (χ3v) is 7.49. The van der Waals surface area contributed by atoms with E-state index in [4.69, 9.17) is 14.2 Å². The van der Waals surface area contributed by atoms with Gasteiger partial charge >= 0.3 is 18.1 Å². The number of para-hydroxylation sites is 1. The van der Waals surface area contributed by atoms with Crippen molar-refractivity contribution in [1.29, 1.82) is 0 Å². The number of ether oxygens (including phenoxy) is 3. The molecule has 0 N–H and O–H groups in total. The average Bonchev–Trinajstić information content (AvgIpc) is 3.64. The van der Waals surface area contributed by atoms with E-state index in [1.54, 1.807) is 19.9 Å². The number of imidazole rings is 1. The molecule has 3 atom stereocenters. The van der Waals surface area contributed by atoms with Gasteiger partial charge in [0.25, 0.3) is 0 Å². The largest absolute Gasteiger partial charge is 0.488 e. The smallest absolute Gasteiger partial charge is 0.471 e. The molecule has 3 aromatic carbocycles. The van der Waals surface area contributed by atoms with Crippen molar-refractivity contribution in [3.05, 3.63) is 77.1 Å². The summed E-state index contributed by atoms with van der Waals surface area (Å²) in [4.78, 5) is 29.5. The van der Waals surface area contributed by atoms with Gasteiger partial charge in [-0.2, -0.15) is 13.2 Å². The van der Waals surface area contributed by atoms with Gasteiger partial charge in [-0.25, -0.2) is 13.8 Å². The number of carbonyl (C=O) groups is 2. The SMILES string of the molecule is CCc1nc2ccc(F)c(F)c2n1-c1cccc2c1OC[C@H]2N(C(=O)C(F)(F)F)c1ccc2c(c1)OC(C)[C@H]2OC(C)=O. The number of aryl methyl sites for hydroxylation is 1. The number of anilines is 1. The third kappa shape index (κ3) is 4.63. The van der Waals surface area contributed by atoms with Crippen LogP contribution < -0.4 is 14.4 Å². The van der Waals surface area contributed by atoms with Crippen LogP contribution in [0.5, 0.6) is 11.5 Å². The molecule has 1 unspecified atom stereocenters. The van der Waals surface area contributed by atoms with Gasteiger partial charge in [-0.05, 0) is 37.3 Å². The van der Waals surface area contributed by atoms with Crippen LogP contribution >= 0.6 is 0 Å². The molecule has 0 saturated carbocycles. The first-order chi connectivity index (χ1) is 20.4. The lowest BCUT2D eigenvalue weighted by Crippen LogP contribution is -2.44. The molecular weight excluding hydrogens is 577 g/mol. The number of esters is 1. The van der Waals surface area contributed by atoms with Crippen molar-refractivity contribution in [2.45, 2.75) is 51.6 Å². The predicted molar refractivity (Wildman–Crippen MR) is 143 cm³/mol. The van der Waals surface area contributed by atoms with Crippen LogP contribution in [0.3, 0.4) is 0 Å². The molecule has 2 aliphatic rings. The molecule has 8 nitrogen and oxygen atoms in total. The maximum atomic E-state index is 15.0. The fourth-order valence-electron chi connectivity index (χ4n) is 5.69. The molecular formula is C30H24F5N3O5. The van der Waals surface area contributed by atoms with Crippen LogP contribution in [0.25, 0.3) is 16.7 Å². The number of hydrogen-bond donors (Lipinski definition) is 0. The highest BCUT2D eigenvalue weighted by molar-refractivity contribution is 5.98. The summed E-state index contributed by atoms with van der Waals surface area (Å²) in [6.07, 6.45) is -6.30. The van der Waals surface area contributed by atoms with E-state index in [2.05, 4.69) is 4.98 Å². The number of hydrogen-bond acceptors (Lipinski definition) is 6. The second-order valence-electron chi connectivity index (χ2n) is 10.2. The second-order valence-corrected chi connectivity index (χ2v) is 10.2. The van der Waals surface area contributed by atoms with Gasteiger partial charge in [0.1, 0.15) is 35.6 Å². The fourth-order valence-corrected chi connectivity index (χ4v) is 5.69. The minimum atomic E-state index is -5.25. The highest BCUT2D eigenvalue weighted by atomic mass is 19.4. The van der Waals surface area contributed by atoms with E-state index in [0.717, 1.165) is 6.07 Å². The first-order valence-corrected chi connectivity index (χ1v) is 13.4. The highest BCUT2D eigenvalue weighted by Gasteiger charge is 2.48. The minimum absolute atomic E-state index is 0.103. The summed E-state index contributed by atoms with van der Waals surface area (Å²) in [7, 11) is 0. The molecule has 0 radical (unpaired) electrons. The van der Waals surface area contributed by atoms with Crippen molar-refractivity contribution in [2.75, 3.05) is 11.5 Å². The summed E-state index contributed by atoms with van der Waals surface area (Å²) in [6, 6.07) is 9.72. The Morgan fingerprint density at radius 3 is 2.58 bits per heavy atom. The summed E-state index contributed by atoms with van der Waals surface area (Å²) in [5.74, 6) is -4.28. The Hall–Kier alpha value is -4.68. The van der Waals surface area contributed by atoms with E-state index in [0.29, 0.717) is 22.7 Å². The van der Waals surface area contributed by atoms with Gasteiger partial charge in [-0.15, -0.1) is 0 Å². The Morgan fingerprint density at radius 1 is 1.12 bits per heavy atom. The van der Waals surface area contributed by atoms with Crippen LogP contribution in [0.4, 0.5) is 27.6 Å². The van der Waals surface area contributed by atoms with Gasteiger partial charge in [-0.3, -0.25) is 19.1 Å². The summed E-state index contributed by atoms with van der Waals surface area (Å²) < 4.78 is 89.7. The van der Waals surface area contributed by atoms with Gasteiger partial charge in [0, 0.05) is 36.2 Å². The number of benzene rings is 3. The van der Waals surface area contributed by atoms with Crippen LogP contribution in [0.1, 0.15) is 49.9 Å². The maximum Gasteiger partial charge on any atom is 0.471 e. The number of carbonyl (C=O) groups excluding carboxylic acids is 2. The molecule has 3 heterocycles. The van der Waals surface area contributed by atoms with Crippen molar-refractivity contribution in [3.63, 3.8) is 0 Å². The molecule has 0 fully saturated rings. The minimum Gasteiger partial charge on any atom is -0.488 e. The normalized spacial score (nSPS) is 19.0. The van der Waals surface area contributed by atoms with E-state index < -0.39 is 47.9 Å². The Morgan fingerprint density at radius 2 is 1.88 bits per heavy atom. The van der Waals surface area contributed by atoms with Crippen LogP contribution in [0, 0.1) is 11.6 Å². The number of amides is 1. The van der Waals surface area contributed by atoms with Crippen molar-refractivity contribution in [3.8, 4) is 17.2 Å². The molecule has 224 valence electrons. The molecule has 1 amide bonds. The van der Waals surface area contributed by atoms with Crippen molar-refractivity contribution in [2.24, 2.45) is 0 Å². The Bertz CT molecular complexity index is 1790. The van der Waals surface area contributed by atoms with Crippen LogP contribution in [0.15, 0.2) is 48.5 Å². The van der Waals surface area contributed by atoms with E-state index >= 15 is 4.39 Å². The summed E-state index contributed by atoms with van der Waals surface area (Å²) in [6.45, 7) is 4.29. The highest BCUT2D eigenvalue weighted by Crippen LogP contribution is 2.47. The zero-order chi connectivity index (χ0) is 30.8. The fraction of sp³-hybridized carbons (Fsp3) is 0.300. The van der Waals surface area contributed by atoms with Gasteiger partial charge in [0.2, 0.25) is 0 Å². The number of fused-ring (bicyclic) bond motifs is 3. The molecule has 0 spiro atoms. The van der Waals surface area contributed by atoms with E-state index in [-0.39, 0.29) is 46.1 Å². The lowest BCUT2D eigenvalue weighted by molar-refractivity contribution is -0.171. The number of halogens is 5. The molecule has 1 aromatic heterocycles. The second kappa shape index (κ2) is 10.2. The number of nitrogens with zero attached hydrogens (tertiary/aromatic N) is 3. The summed E-state index contributed by atoms with van der Waals surface area (Å²) >= 11 is 0. The lowest BCUT2D eigenvalue weighted by atomic mass is 10.0. The molecule has 13 heteroatoms. The van der Waals surface area contributed by atoms with Crippen LogP contribution in [-0.2, 0) is 20.7 Å². The van der Waals surface area contributed by atoms with E-state index in [9.17, 15) is 27.2 Å². The monoisotopic (exact) mass is 601 g/mol. The standard InChI is InChI=1S/C30H24F5N3O5/c1-4-24-36-20-11-10-19(31)25(32)26(20)38(24)21-7-5-6-17-22(13-41-28(17)21)37(29(40)30(33,34)35)16-8-9-18-23(12-16)42-14(2)27(18)43-15(3)39/h5-12,14,22,27H,4,13H2,1-3H3/t14?,22-,27-/m1/s1. The van der Waals surface area contributed by atoms with Gasteiger partial charge in [-0.1, -0.05) is 19.1 Å². The van der Waals surface area contributed by atoms with Gasteiger partial charge in [0.15, 0.2) is 17.7 Å². The van der Waals surface area contributed by atoms with E-state index in [1.807, 2.05) is 0 Å². The van der Waals surface area contributed by atoms with Crippen LogP contribution in [-0.4, -0.2) is 40.3 Å². The molecule has 0 bridgehead atoms. The molecule has 4 aromatic rings. The topological polar surface area (TPSA) is 82.9 Å². The predicted octanol–water partition coefficient (Wildman–Crippen LogP) is 6.28. The molecule has 0 saturated heterocycles. The van der Waals surface area contributed by atoms with Gasteiger partial charge in [0.05, 0.1) is 17.2 Å². The quantitative estimate of drug-likeness (QED) is 0.198. The average molecular weight is 602 g/mol. The number of rotatable bonds is 5. The first-order valence-electron chi connectivity index (χ1n) is 13.4. The zero-order valence-corrected chi connectivity index (χ0v) is 23.0. The molecule has 43 heavy (non-hydrogen) atoms. The first kappa shape index (κ1) is 28.4. The van der Waals surface area contributed by atoms with Crippen molar-refractivity contribution in [1.82, 2.24) is 9.55 Å². The summed E-state index contributed by atoms with van der Waals surface area (Å²) in [5.41, 5.74) is 0.828. The maximum absolute atomic E-state index is 15.0. The molecule has 6 rings (SSSR count). The lowest BCUT2D eigenvalue weighted by Gasteiger charge is -2.29. The number of aromatic nitrogens is 2. The Labute approximate surface area is 241 Å². The van der Waals surface area contributed by atoms with E-state index in [1.165, 1.54) is 47.9 Å². The zero-order valence-electron chi connectivity index (χ0n) is 23.0. The molecule has 2 aliphatic heterocycles. The number of alkyl halides is 3. The van der Waals surface area contributed by atoms with Gasteiger partial charge < -0.3 is 14.2 Å². The Kier molecular flexibility index (Phi) is 6.78.